The molecule has 6 rings (SSSR count). The summed E-state index contributed by atoms with van der Waals surface area (Å²) in [5.41, 5.74) is 1.89. The minimum Gasteiger partial charge on any atom is -0.325 e. The molecule has 0 aliphatic rings. The number of nitrogens with one attached hydrogen (secondary N) is 3. The van der Waals surface area contributed by atoms with Crippen molar-refractivity contribution in [2.24, 2.45) is 0 Å². The predicted molar refractivity (Wildman–Crippen MR) is 198 cm³/mol. The molecule has 10 heteroatoms. The fraction of sp³-hybridized carbons (Fsp3) is 0.0250. The highest BCUT2D eigenvalue weighted by Gasteiger charge is 2.23. The van der Waals surface area contributed by atoms with E-state index in [9.17, 15) is 24.5 Å². The Balaban J connectivity index is 1.25. The van der Waals surface area contributed by atoms with Crippen molar-refractivity contribution in [3.63, 3.8) is 0 Å². The van der Waals surface area contributed by atoms with Crippen LogP contribution in [0.3, 0.4) is 0 Å². The number of amides is 3. The van der Waals surface area contributed by atoms with E-state index in [4.69, 9.17) is 0 Å². The van der Waals surface area contributed by atoms with Crippen molar-refractivity contribution in [3.05, 3.63) is 184 Å². The molecule has 0 fully saturated rings. The number of carbonyl (C=O) groups is 3. The smallest absolute Gasteiger partial charge is 0.276 e. The fourth-order valence-corrected chi connectivity index (χ4v) is 6.31. The number of nitrogens with zero attached hydrogens (tertiary/aromatic N) is 1. The number of thioether (sulfide) groups is 1. The molecule has 0 aliphatic heterocycles. The first kappa shape index (κ1) is 33.4. The quantitative estimate of drug-likeness (QED) is 0.0544. The molecule has 246 valence electrons. The van der Waals surface area contributed by atoms with E-state index in [1.165, 1.54) is 36.0 Å². The Morgan fingerprint density at radius 3 is 2.08 bits per heavy atom. The number of hydrogen-bond acceptors (Lipinski definition) is 6. The van der Waals surface area contributed by atoms with Gasteiger partial charge in [0.1, 0.15) is 10.9 Å². The molecule has 0 aliphatic carbocycles. The van der Waals surface area contributed by atoms with E-state index in [2.05, 4.69) is 16.0 Å². The number of carbonyl (C=O) groups excluding carboxylic acids is 3. The molecule has 6 aromatic rings. The SMILES string of the molecule is O=C(Nc1cccc(SC(C(=O)Nc2ccc3ccccc3c2)c2ccccc2)c1)/C(=C\c1ccccc1[N+](=O)[O-])NC(=O)c1ccccc1. The normalized spacial score (nSPS) is 11.7. The van der Waals surface area contributed by atoms with Crippen LogP contribution in [-0.2, 0) is 9.59 Å². The maximum absolute atomic E-state index is 13.8. The average Bonchev–Trinajstić information content (AvgIpc) is 3.14. The van der Waals surface area contributed by atoms with Gasteiger partial charge in [-0.3, -0.25) is 24.5 Å². The van der Waals surface area contributed by atoms with Crippen LogP contribution in [0.5, 0.6) is 0 Å². The molecule has 1 unspecified atom stereocenters. The maximum Gasteiger partial charge on any atom is 0.276 e. The number of nitro benzene ring substituents is 1. The maximum atomic E-state index is 13.8. The molecule has 6 aromatic carbocycles. The zero-order chi connectivity index (χ0) is 34.9. The first-order chi connectivity index (χ1) is 24.3. The molecule has 9 nitrogen and oxygen atoms in total. The zero-order valence-corrected chi connectivity index (χ0v) is 27.3. The molecule has 0 saturated carbocycles. The van der Waals surface area contributed by atoms with Crippen molar-refractivity contribution in [1.82, 2.24) is 5.32 Å². The molecule has 3 amide bonds. The monoisotopic (exact) mass is 678 g/mol. The molecule has 0 aromatic heterocycles. The molecule has 50 heavy (non-hydrogen) atoms. The Kier molecular flexibility index (Phi) is 10.4. The van der Waals surface area contributed by atoms with Crippen molar-refractivity contribution in [1.29, 1.82) is 0 Å². The lowest BCUT2D eigenvalue weighted by molar-refractivity contribution is -0.385. The van der Waals surface area contributed by atoms with Gasteiger partial charge in [-0.05, 0) is 70.9 Å². The second-order valence-electron chi connectivity index (χ2n) is 11.1. The van der Waals surface area contributed by atoms with E-state index in [0.717, 1.165) is 16.3 Å². The number of rotatable bonds is 11. The Bertz CT molecular complexity index is 2220. The third-order valence-corrected chi connectivity index (χ3v) is 8.91. The molecule has 0 radical (unpaired) electrons. The minimum absolute atomic E-state index is 0.142. The fourth-order valence-electron chi connectivity index (χ4n) is 5.23. The van der Waals surface area contributed by atoms with E-state index >= 15 is 0 Å². The predicted octanol–water partition coefficient (Wildman–Crippen LogP) is 8.63. The highest BCUT2D eigenvalue weighted by Crippen LogP contribution is 2.37. The van der Waals surface area contributed by atoms with Gasteiger partial charge < -0.3 is 16.0 Å². The zero-order valence-electron chi connectivity index (χ0n) is 26.5. The molecular formula is C40H30N4O5S. The van der Waals surface area contributed by atoms with Crippen molar-refractivity contribution in [3.8, 4) is 0 Å². The number of nitro groups is 1. The molecule has 1 atom stereocenters. The van der Waals surface area contributed by atoms with Gasteiger partial charge in [0.2, 0.25) is 5.91 Å². The van der Waals surface area contributed by atoms with E-state index in [1.54, 1.807) is 54.6 Å². The van der Waals surface area contributed by atoms with Crippen LogP contribution < -0.4 is 16.0 Å². The average molecular weight is 679 g/mol. The largest absolute Gasteiger partial charge is 0.325 e. The van der Waals surface area contributed by atoms with Gasteiger partial charge in [0, 0.05) is 27.9 Å². The van der Waals surface area contributed by atoms with Crippen molar-refractivity contribution < 1.29 is 19.3 Å². The van der Waals surface area contributed by atoms with Crippen molar-refractivity contribution in [2.45, 2.75) is 10.1 Å². The summed E-state index contributed by atoms with van der Waals surface area (Å²) in [6.45, 7) is 0. The lowest BCUT2D eigenvalue weighted by Gasteiger charge is -2.18. The highest BCUT2D eigenvalue weighted by atomic mass is 32.2. The van der Waals surface area contributed by atoms with Crippen LogP contribution in [0.4, 0.5) is 17.1 Å². The van der Waals surface area contributed by atoms with Gasteiger partial charge in [-0.1, -0.05) is 97.1 Å². The second-order valence-corrected chi connectivity index (χ2v) is 12.3. The summed E-state index contributed by atoms with van der Waals surface area (Å²) < 4.78 is 0. The molecule has 0 heterocycles. The third-order valence-electron chi connectivity index (χ3n) is 7.67. The van der Waals surface area contributed by atoms with E-state index in [-0.39, 0.29) is 22.9 Å². The lowest BCUT2D eigenvalue weighted by atomic mass is 10.1. The number of para-hydroxylation sites is 1. The van der Waals surface area contributed by atoms with Gasteiger partial charge in [0.25, 0.3) is 17.5 Å². The topological polar surface area (TPSA) is 130 Å². The minimum atomic E-state index is -0.691. The summed E-state index contributed by atoms with van der Waals surface area (Å²) in [4.78, 5) is 52.4. The van der Waals surface area contributed by atoms with E-state index < -0.39 is 22.0 Å². The van der Waals surface area contributed by atoms with Crippen LogP contribution in [0.15, 0.2) is 162 Å². The highest BCUT2D eigenvalue weighted by molar-refractivity contribution is 8.00. The van der Waals surface area contributed by atoms with Crippen LogP contribution in [0.1, 0.15) is 26.7 Å². The van der Waals surface area contributed by atoms with Crippen LogP contribution in [-0.4, -0.2) is 22.6 Å². The summed E-state index contributed by atoms with van der Waals surface area (Å²) in [6.07, 6.45) is 1.27. The summed E-state index contributed by atoms with van der Waals surface area (Å²) in [6, 6.07) is 44.3. The van der Waals surface area contributed by atoms with Gasteiger partial charge in [0.15, 0.2) is 0 Å². The van der Waals surface area contributed by atoms with Crippen LogP contribution in [0.25, 0.3) is 16.8 Å². The number of fused-ring (bicyclic) bond motifs is 1. The summed E-state index contributed by atoms with van der Waals surface area (Å²) in [5.74, 6) is -1.47. The van der Waals surface area contributed by atoms with Gasteiger partial charge in [0.05, 0.1) is 10.5 Å². The van der Waals surface area contributed by atoms with Crippen LogP contribution in [0, 0.1) is 10.1 Å². The van der Waals surface area contributed by atoms with Crippen molar-refractivity contribution >= 4 is 63.4 Å². The lowest BCUT2D eigenvalue weighted by Crippen LogP contribution is -2.30. The number of benzene rings is 6. The summed E-state index contributed by atoms with van der Waals surface area (Å²) >= 11 is 1.32. The molecule has 3 N–H and O–H groups in total. The third kappa shape index (κ3) is 8.30. The van der Waals surface area contributed by atoms with Gasteiger partial charge >= 0.3 is 0 Å². The standard InChI is InChI=1S/C40H30N4O5S/c45-38(29-15-5-2-6-16-29)43-35(25-31-18-9-10-21-36(31)44(48)49)39(46)41-32-19-11-20-34(26-32)50-37(28-13-3-1-4-14-28)40(47)42-33-23-22-27-12-7-8-17-30(27)24-33/h1-26,37H,(H,41,46)(H,42,47)(H,43,45)/b35-25+. The molecular weight excluding hydrogens is 649 g/mol. The number of hydrogen-bond donors (Lipinski definition) is 3. The first-order valence-corrected chi connectivity index (χ1v) is 16.5. The van der Waals surface area contributed by atoms with E-state index in [0.29, 0.717) is 21.8 Å². The molecule has 0 spiro atoms. The van der Waals surface area contributed by atoms with Crippen LogP contribution in [0.2, 0.25) is 0 Å². The van der Waals surface area contributed by atoms with E-state index in [1.807, 2.05) is 78.9 Å². The summed E-state index contributed by atoms with van der Waals surface area (Å²) in [7, 11) is 0. The van der Waals surface area contributed by atoms with Gasteiger partial charge in [-0.25, -0.2) is 0 Å². The summed E-state index contributed by atoms with van der Waals surface area (Å²) in [5, 5.41) is 21.6. The van der Waals surface area contributed by atoms with Crippen LogP contribution >= 0.6 is 11.8 Å². The van der Waals surface area contributed by atoms with Crippen molar-refractivity contribution in [2.75, 3.05) is 10.6 Å². The second kappa shape index (κ2) is 15.6. The Morgan fingerprint density at radius 1 is 0.660 bits per heavy atom. The van der Waals surface area contributed by atoms with Gasteiger partial charge in [-0.15, -0.1) is 11.8 Å². The molecule has 0 bridgehead atoms. The Hall–Kier alpha value is -6.52. The first-order valence-electron chi connectivity index (χ1n) is 15.6. The Morgan fingerprint density at radius 2 is 1.32 bits per heavy atom. The molecule has 0 saturated heterocycles. The Labute approximate surface area is 292 Å². The van der Waals surface area contributed by atoms with Gasteiger partial charge in [-0.2, -0.15) is 0 Å². The number of anilines is 2.